The number of hydrogen-bond acceptors (Lipinski definition) is 2. The Labute approximate surface area is 126 Å². The van der Waals surface area contributed by atoms with Gasteiger partial charge in [-0.3, -0.25) is 4.79 Å². The fraction of sp³-hybridized carbons (Fsp3) is 0.118. The number of carboxylic acids is 1. The molecule has 0 spiro atoms. The van der Waals surface area contributed by atoms with Crippen LogP contribution in [0.4, 0.5) is 0 Å². The molecule has 0 saturated carbocycles. The minimum atomic E-state index is -1.00. The molecule has 1 unspecified atom stereocenters. The van der Waals surface area contributed by atoms with Crippen molar-refractivity contribution in [3.05, 3.63) is 59.1 Å². The highest BCUT2D eigenvalue weighted by Gasteiger charge is 2.18. The lowest BCUT2D eigenvalue weighted by atomic mass is 9.92. The smallest absolute Gasteiger partial charge is 0.320 e. The average molecular weight is 300 g/mol. The minimum absolute atomic E-state index is 0.271. The van der Waals surface area contributed by atoms with Gasteiger partial charge in [0.05, 0.1) is 5.02 Å². The number of carboxylic acid groups (broad SMARTS) is 1. The molecule has 3 nitrogen and oxygen atoms in total. The van der Waals surface area contributed by atoms with Gasteiger partial charge in [-0.15, -0.1) is 0 Å². The van der Waals surface area contributed by atoms with E-state index in [-0.39, 0.29) is 6.42 Å². The van der Waals surface area contributed by atoms with Crippen LogP contribution in [0.15, 0.2) is 48.5 Å². The van der Waals surface area contributed by atoms with E-state index in [0.717, 1.165) is 27.1 Å². The number of rotatable bonds is 3. The summed E-state index contributed by atoms with van der Waals surface area (Å²) in [5, 5.41) is 13.5. The molecule has 0 saturated heterocycles. The van der Waals surface area contributed by atoms with Crippen molar-refractivity contribution in [2.45, 2.75) is 12.5 Å². The highest BCUT2D eigenvalue weighted by molar-refractivity contribution is 6.41. The minimum Gasteiger partial charge on any atom is -0.480 e. The number of halogens is 1. The van der Waals surface area contributed by atoms with E-state index in [0.29, 0.717) is 5.02 Å². The predicted octanol–water partition coefficient (Wildman–Crippen LogP) is 3.60. The Balaban J connectivity index is 2.37. The van der Waals surface area contributed by atoms with Crippen molar-refractivity contribution < 1.29 is 9.90 Å². The molecule has 0 bridgehead atoms. The fourth-order valence-corrected chi connectivity index (χ4v) is 3.02. The summed E-state index contributed by atoms with van der Waals surface area (Å²) in [7, 11) is 0. The van der Waals surface area contributed by atoms with Crippen LogP contribution >= 0.6 is 11.6 Å². The molecule has 0 heterocycles. The first-order chi connectivity index (χ1) is 10.1. The van der Waals surface area contributed by atoms with Gasteiger partial charge in [0.2, 0.25) is 0 Å². The first kappa shape index (κ1) is 13.9. The lowest BCUT2D eigenvalue weighted by Crippen LogP contribution is -2.32. The maximum atomic E-state index is 11.1. The molecule has 3 rings (SSSR count). The van der Waals surface area contributed by atoms with Crippen LogP contribution in [-0.4, -0.2) is 17.1 Å². The average Bonchev–Trinajstić information content (AvgIpc) is 2.51. The summed E-state index contributed by atoms with van der Waals surface area (Å²) in [5.41, 5.74) is 6.67. The number of aliphatic carboxylic acids is 1. The summed E-state index contributed by atoms with van der Waals surface area (Å²) >= 11 is 6.50. The van der Waals surface area contributed by atoms with E-state index in [1.54, 1.807) is 0 Å². The molecular formula is C17H14ClNO2. The van der Waals surface area contributed by atoms with E-state index in [1.165, 1.54) is 0 Å². The monoisotopic (exact) mass is 299 g/mol. The normalized spacial score (nSPS) is 12.7. The molecule has 3 N–H and O–H groups in total. The summed E-state index contributed by atoms with van der Waals surface area (Å²) in [6.45, 7) is 0. The molecule has 21 heavy (non-hydrogen) atoms. The quantitative estimate of drug-likeness (QED) is 0.726. The Morgan fingerprint density at radius 2 is 1.43 bits per heavy atom. The van der Waals surface area contributed by atoms with Gasteiger partial charge in [0.25, 0.3) is 0 Å². The highest BCUT2D eigenvalue weighted by Crippen LogP contribution is 2.36. The molecule has 0 aliphatic heterocycles. The lowest BCUT2D eigenvalue weighted by Gasteiger charge is -2.15. The van der Waals surface area contributed by atoms with Crippen LogP contribution in [0.25, 0.3) is 21.5 Å². The van der Waals surface area contributed by atoms with E-state index in [4.69, 9.17) is 22.4 Å². The summed E-state index contributed by atoms with van der Waals surface area (Å²) in [6.07, 6.45) is 0.271. The Bertz CT molecular complexity index is 788. The van der Waals surface area contributed by atoms with Crippen molar-refractivity contribution in [2.24, 2.45) is 5.73 Å². The number of carbonyl (C=O) groups is 1. The molecule has 0 aromatic heterocycles. The van der Waals surface area contributed by atoms with Crippen LogP contribution in [-0.2, 0) is 11.2 Å². The summed E-state index contributed by atoms with van der Waals surface area (Å²) in [6, 6.07) is 14.5. The van der Waals surface area contributed by atoms with E-state index >= 15 is 0 Å². The number of fused-ring (bicyclic) bond motifs is 2. The third-order valence-electron chi connectivity index (χ3n) is 3.72. The molecule has 0 fully saturated rings. The second-order valence-corrected chi connectivity index (χ2v) is 5.41. The molecule has 1 atom stereocenters. The van der Waals surface area contributed by atoms with Gasteiger partial charge in [0.15, 0.2) is 0 Å². The summed E-state index contributed by atoms with van der Waals surface area (Å²) < 4.78 is 0. The van der Waals surface area contributed by atoms with Gasteiger partial charge in [0.1, 0.15) is 6.04 Å². The second-order valence-electron chi connectivity index (χ2n) is 5.03. The van der Waals surface area contributed by atoms with Gasteiger partial charge in [0, 0.05) is 10.8 Å². The second kappa shape index (κ2) is 5.35. The van der Waals surface area contributed by atoms with Gasteiger partial charge in [-0.2, -0.15) is 0 Å². The fourth-order valence-electron chi connectivity index (χ4n) is 2.69. The topological polar surface area (TPSA) is 63.3 Å². The van der Waals surface area contributed by atoms with Crippen molar-refractivity contribution in [1.29, 1.82) is 0 Å². The molecule has 0 radical (unpaired) electrons. The zero-order valence-corrected chi connectivity index (χ0v) is 12.0. The zero-order valence-electron chi connectivity index (χ0n) is 11.2. The van der Waals surface area contributed by atoms with Crippen molar-refractivity contribution in [2.75, 3.05) is 0 Å². The Morgan fingerprint density at radius 3 is 1.86 bits per heavy atom. The van der Waals surface area contributed by atoms with Gasteiger partial charge < -0.3 is 10.8 Å². The Hall–Kier alpha value is -2.10. The first-order valence-corrected chi connectivity index (χ1v) is 7.03. The number of hydrogen-bond donors (Lipinski definition) is 2. The van der Waals surface area contributed by atoms with Gasteiger partial charge in [-0.1, -0.05) is 60.1 Å². The van der Waals surface area contributed by atoms with Crippen LogP contribution in [0.2, 0.25) is 5.02 Å². The predicted molar refractivity (Wildman–Crippen MR) is 85.8 cm³/mol. The van der Waals surface area contributed by atoms with E-state index in [2.05, 4.69) is 0 Å². The van der Waals surface area contributed by atoms with Crippen LogP contribution in [0.5, 0.6) is 0 Å². The standard InChI is InChI=1S/C17H14ClNO2/c18-16-12-7-3-1-5-10(12)14(9-15(19)17(20)21)11-6-2-4-8-13(11)16/h1-8,15H,9,19H2,(H,20,21). The molecule has 106 valence electrons. The number of nitrogens with two attached hydrogens (primary N) is 1. The maximum absolute atomic E-state index is 11.1. The SMILES string of the molecule is NC(Cc1c2ccccc2c(Cl)c2ccccc12)C(=O)O. The highest BCUT2D eigenvalue weighted by atomic mass is 35.5. The molecule has 0 amide bonds. The van der Waals surface area contributed by atoms with Crippen LogP contribution in [0, 0.1) is 0 Å². The molecular weight excluding hydrogens is 286 g/mol. The van der Waals surface area contributed by atoms with E-state index in [1.807, 2.05) is 48.5 Å². The van der Waals surface area contributed by atoms with Gasteiger partial charge in [-0.05, 0) is 22.8 Å². The largest absolute Gasteiger partial charge is 0.480 e. The Kier molecular flexibility index (Phi) is 3.53. The Morgan fingerprint density at radius 1 is 1.00 bits per heavy atom. The van der Waals surface area contributed by atoms with Gasteiger partial charge >= 0.3 is 5.97 Å². The lowest BCUT2D eigenvalue weighted by molar-refractivity contribution is -0.138. The summed E-state index contributed by atoms with van der Waals surface area (Å²) in [4.78, 5) is 11.1. The van der Waals surface area contributed by atoms with E-state index in [9.17, 15) is 4.79 Å². The third-order valence-corrected chi connectivity index (χ3v) is 4.13. The van der Waals surface area contributed by atoms with Crippen LogP contribution in [0.1, 0.15) is 5.56 Å². The zero-order chi connectivity index (χ0) is 15.0. The molecule has 0 aliphatic carbocycles. The number of benzene rings is 3. The van der Waals surface area contributed by atoms with Crippen molar-refractivity contribution in [3.8, 4) is 0 Å². The van der Waals surface area contributed by atoms with Crippen LogP contribution < -0.4 is 5.73 Å². The molecule has 3 aromatic rings. The van der Waals surface area contributed by atoms with Crippen LogP contribution in [0.3, 0.4) is 0 Å². The van der Waals surface area contributed by atoms with Crippen molar-refractivity contribution >= 4 is 39.1 Å². The van der Waals surface area contributed by atoms with Crippen molar-refractivity contribution in [1.82, 2.24) is 0 Å². The maximum Gasteiger partial charge on any atom is 0.320 e. The molecule has 3 aromatic carbocycles. The molecule has 4 heteroatoms. The van der Waals surface area contributed by atoms with E-state index < -0.39 is 12.0 Å². The molecule has 0 aliphatic rings. The third kappa shape index (κ3) is 2.35. The summed E-state index contributed by atoms with van der Waals surface area (Å²) in [5.74, 6) is -1.00. The van der Waals surface area contributed by atoms with Gasteiger partial charge in [-0.25, -0.2) is 0 Å². The first-order valence-electron chi connectivity index (χ1n) is 6.66. The van der Waals surface area contributed by atoms with Crippen molar-refractivity contribution in [3.63, 3.8) is 0 Å².